The number of anilines is 2. The van der Waals surface area contributed by atoms with Crippen LogP contribution in [0.15, 0.2) is 23.4 Å². The van der Waals surface area contributed by atoms with E-state index >= 15 is 0 Å². The van der Waals surface area contributed by atoms with Gasteiger partial charge in [-0.25, -0.2) is 21.4 Å². The Kier molecular flexibility index (Phi) is 4.68. The van der Waals surface area contributed by atoms with Gasteiger partial charge in [-0.15, -0.1) is 0 Å². The summed E-state index contributed by atoms with van der Waals surface area (Å²) in [7, 11) is 1.50. The summed E-state index contributed by atoms with van der Waals surface area (Å²) in [6, 6.07) is 1.66. The van der Waals surface area contributed by atoms with E-state index in [4.69, 9.17) is 11.3 Å². The van der Waals surface area contributed by atoms with Crippen molar-refractivity contribution in [2.75, 3.05) is 32.2 Å². The van der Waals surface area contributed by atoms with Gasteiger partial charge in [0.25, 0.3) is 18.1 Å². The molecule has 2 N–H and O–H groups in total. The van der Waals surface area contributed by atoms with Crippen LogP contribution < -0.4 is 20.9 Å². The van der Waals surface area contributed by atoms with Crippen LogP contribution in [0, 0.1) is 13.5 Å². The summed E-state index contributed by atoms with van der Waals surface area (Å²) < 4.78 is 6.83. The third-order valence-electron chi connectivity index (χ3n) is 5.49. The number of ether oxygens (including phenoxy) is 1. The van der Waals surface area contributed by atoms with Crippen molar-refractivity contribution < 1.29 is 9.53 Å². The lowest BCUT2D eigenvalue weighted by molar-refractivity contribution is 0.0773. The van der Waals surface area contributed by atoms with E-state index in [0.717, 1.165) is 0 Å². The topological polar surface area (TPSA) is 106 Å². The highest BCUT2D eigenvalue weighted by Gasteiger charge is 2.46. The van der Waals surface area contributed by atoms with Crippen molar-refractivity contribution in [2.45, 2.75) is 25.4 Å². The maximum absolute atomic E-state index is 13.4. The number of carbonyl (C=O) groups is 1. The van der Waals surface area contributed by atoms with Gasteiger partial charge in [-0.2, -0.15) is 0 Å². The molecular weight excluding hydrogens is 374 g/mol. The van der Waals surface area contributed by atoms with Crippen molar-refractivity contribution in [3.63, 3.8) is 0 Å². The maximum atomic E-state index is 13.4. The van der Waals surface area contributed by atoms with E-state index in [0.29, 0.717) is 61.1 Å². The first kappa shape index (κ1) is 18.9. The van der Waals surface area contributed by atoms with Crippen LogP contribution in [0.2, 0.25) is 0 Å². The van der Waals surface area contributed by atoms with Gasteiger partial charge >= 0.3 is 0 Å². The van der Waals surface area contributed by atoms with Crippen LogP contribution in [-0.2, 0) is 5.66 Å². The molecule has 2 aromatic rings. The summed E-state index contributed by atoms with van der Waals surface area (Å²) >= 11 is 0. The summed E-state index contributed by atoms with van der Waals surface area (Å²) in [6.45, 7) is 10.4. The fourth-order valence-electron chi connectivity index (χ4n) is 4.05. The van der Waals surface area contributed by atoms with Gasteiger partial charge in [0, 0.05) is 25.9 Å². The Hall–Kier alpha value is -3.45. The number of rotatable bonds is 4. The molecule has 4 rings (SSSR count). The van der Waals surface area contributed by atoms with Crippen molar-refractivity contribution in [2.24, 2.45) is 0 Å². The normalized spacial score (nSPS) is 17.5. The number of fused-ring (bicyclic) bond motifs is 2. The Morgan fingerprint density at radius 3 is 2.83 bits per heavy atom. The molecule has 0 atom stereocenters. The number of methoxy groups -OCH3 is 1. The molecule has 2 aromatic heterocycles. The van der Waals surface area contributed by atoms with Gasteiger partial charge in [0.15, 0.2) is 11.6 Å². The molecule has 0 unspecified atom stereocenters. The molecule has 2 aliphatic rings. The average molecular weight is 395 g/mol. The zero-order chi connectivity index (χ0) is 20.6. The number of nitrogens with zero attached hydrogens (tertiary/aromatic N) is 5. The third-order valence-corrected chi connectivity index (χ3v) is 5.49. The highest BCUT2D eigenvalue weighted by atomic mass is 16.5. The smallest absolute Gasteiger partial charge is 0.276 e. The van der Waals surface area contributed by atoms with Crippen LogP contribution >= 0.6 is 0 Å². The largest absolute Gasteiger partial charge is 0.491 e. The van der Waals surface area contributed by atoms with Crippen molar-refractivity contribution >= 4 is 17.4 Å². The molecule has 0 bridgehead atoms. The first-order valence-electron chi connectivity index (χ1n) is 9.25. The summed E-state index contributed by atoms with van der Waals surface area (Å²) in [5.74, 6) is 0.536. The van der Waals surface area contributed by atoms with Crippen LogP contribution in [-0.4, -0.2) is 52.2 Å². The van der Waals surface area contributed by atoms with E-state index in [-0.39, 0.29) is 11.5 Å². The third kappa shape index (κ3) is 3.09. The average Bonchev–Trinajstić information content (AvgIpc) is 3.01. The Bertz CT molecular complexity index is 1060. The minimum Gasteiger partial charge on any atom is -0.491 e. The molecule has 0 radical (unpaired) electrons. The lowest BCUT2D eigenvalue weighted by atomic mass is 9.97. The number of hydrogen-bond acceptors (Lipinski definition) is 7. The minimum absolute atomic E-state index is 0.246. The van der Waals surface area contributed by atoms with Gasteiger partial charge in [0.2, 0.25) is 0 Å². The van der Waals surface area contributed by atoms with Crippen molar-refractivity contribution in [3.8, 4) is 5.75 Å². The second kappa shape index (κ2) is 7.18. The van der Waals surface area contributed by atoms with E-state index in [1.807, 2.05) is 4.90 Å². The summed E-state index contributed by atoms with van der Waals surface area (Å²) in [4.78, 5) is 39.6. The first-order valence-corrected chi connectivity index (χ1v) is 9.25. The number of pyridine rings is 1. The quantitative estimate of drug-likeness (QED) is 0.746. The van der Waals surface area contributed by atoms with E-state index in [1.165, 1.54) is 19.6 Å². The molecule has 0 saturated carbocycles. The zero-order valence-corrected chi connectivity index (χ0v) is 16.2. The van der Waals surface area contributed by atoms with Crippen LogP contribution in [0.3, 0.4) is 0 Å². The fraction of sp³-hybridized carbons (Fsp3) is 0.421. The molecule has 10 heteroatoms. The second-order valence-corrected chi connectivity index (χ2v) is 7.20. The highest BCUT2D eigenvalue weighted by molar-refractivity contribution is 5.97. The lowest BCUT2D eigenvalue weighted by Crippen LogP contribution is -2.54. The van der Waals surface area contributed by atoms with Gasteiger partial charge in [0.05, 0.1) is 13.3 Å². The molecule has 1 spiro atoms. The second-order valence-electron chi connectivity index (χ2n) is 7.20. The molecule has 1 fully saturated rings. The number of aryl methyl sites for hydroxylation is 1. The Labute approximate surface area is 167 Å². The Morgan fingerprint density at radius 2 is 2.14 bits per heavy atom. The molecule has 2 aliphatic heterocycles. The van der Waals surface area contributed by atoms with Gasteiger partial charge < -0.3 is 15.4 Å². The number of aromatic nitrogens is 3. The van der Waals surface area contributed by atoms with Gasteiger partial charge in [-0.1, -0.05) is 0 Å². The van der Waals surface area contributed by atoms with Gasteiger partial charge in [0.1, 0.15) is 23.4 Å². The maximum Gasteiger partial charge on any atom is 0.276 e. The molecule has 1 saturated heterocycles. The summed E-state index contributed by atoms with van der Waals surface area (Å²) in [5, 5.41) is 6.06. The highest BCUT2D eigenvalue weighted by Crippen LogP contribution is 2.34. The van der Waals surface area contributed by atoms with Crippen LogP contribution in [0.25, 0.3) is 4.85 Å². The van der Waals surface area contributed by atoms with Gasteiger partial charge in [-0.3, -0.25) is 19.0 Å². The molecule has 10 nitrogen and oxygen atoms in total. The molecule has 0 aliphatic carbocycles. The van der Waals surface area contributed by atoms with Crippen LogP contribution in [0.1, 0.15) is 28.9 Å². The summed E-state index contributed by atoms with van der Waals surface area (Å²) in [6.07, 6.45) is 3.98. The van der Waals surface area contributed by atoms with E-state index in [2.05, 4.69) is 25.4 Å². The fourth-order valence-corrected chi connectivity index (χ4v) is 4.05. The minimum atomic E-state index is -0.778. The summed E-state index contributed by atoms with van der Waals surface area (Å²) in [5.41, 5.74) is 0.304. The predicted octanol–water partition coefficient (Wildman–Crippen LogP) is 1.07. The molecule has 150 valence electrons. The van der Waals surface area contributed by atoms with E-state index in [1.54, 1.807) is 17.6 Å². The van der Waals surface area contributed by atoms with Crippen molar-refractivity contribution in [1.29, 1.82) is 0 Å². The number of amides is 1. The van der Waals surface area contributed by atoms with Crippen LogP contribution in [0.5, 0.6) is 5.75 Å². The Morgan fingerprint density at radius 1 is 1.38 bits per heavy atom. The number of carbonyl (C=O) groups excluding carboxylic acids is 1. The van der Waals surface area contributed by atoms with E-state index in [9.17, 15) is 9.59 Å². The monoisotopic (exact) mass is 395 g/mol. The standard InChI is InChI=1S/C19H21N7O3/c1-12-8-13(23-16-14(29-3)9-21-10-22-16)18(28)26-15(12)17(27)24-19(26)4-6-25(7-5-19)11-20-2/h8-10H,4-7,11H2,1,3H3,(H,24,27)(H,21,22,23). The zero-order valence-electron chi connectivity index (χ0n) is 16.2. The van der Waals surface area contributed by atoms with Crippen molar-refractivity contribution in [3.05, 3.63) is 51.6 Å². The number of likely N-dealkylation sites (tertiary alicyclic amines) is 1. The van der Waals surface area contributed by atoms with Crippen LogP contribution in [0.4, 0.5) is 11.5 Å². The number of nitrogens with one attached hydrogen (secondary N) is 2. The molecule has 29 heavy (non-hydrogen) atoms. The molecule has 1 amide bonds. The Balaban J connectivity index is 1.76. The SMILES string of the molecule is [C-]#[N+]CN1CCC2(CC1)NC(=O)c1c(C)cc(Nc3ncncc3OC)c(=O)n12. The molecule has 4 heterocycles. The molecular formula is C19H21N7O3. The number of piperidine rings is 1. The lowest BCUT2D eigenvalue weighted by Gasteiger charge is -2.38. The predicted molar refractivity (Wildman–Crippen MR) is 105 cm³/mol. The number of hydrogen-bond donors (Lipinski definition) is 2. The molecule has 0 aromatic carbocycles. The van der Waals surface area contributed by atoms with Crippen molar-refractivity contribution in [1.82, 2.24) is 24.8 Å². The first-order chi connectivity index (χ1) is 14.0. The van der Waals surface area contributed by atoms with E-state index < -0.39 is 5.66 Å². The van der Waals surface area contributed by atoms with Gasteiger partial charge in [-0.05, 0) is 18.6 Å².